The zero-order valence-corrected chi connectivity index (χ0v) is 12.3. The van der Waals surface area contributed by atoms with E-state index in [1.165, 1.54) is 17.7 Å². The second-order valence-corrected chi connectivity index (χ2v) is 6.90. The Balaban J connectivity index is 1.64. The first-order valence-electron chi connectivity index (χ1n) is 7.24. The molecule has 1 saturated heterocycles. The number of piperidine rings is 1. The van der Waals surface area contributed by atoms with Gasteiger partial charge in [-0.05, 0) is 43.2 Å². The molecule has 3 nitrogen and oxygen atoms in total. The zero-order valence-electron chi connectivity index (χ0n) is 11.5. The molecule has 0 bridgehead atoms. The third-order valence-corrected chi connectivity index (χ3v) is 5.27. The summed E-state index contributed by atoms with van der Waals surface area (Å²) in [6.45, 7) is 4.59. The topological polar surface area (TPSA) is 32.3 Å². The van der Waals surface area contributed by atoms with E-state index in [0.29, 0.717) is 12.0 Å². The highest BCUT2D eigenvalue weighted by Crippen LogP contribution is 2.32. The molecule has 1 aromatic heterocycles. The maximum absolute atomic E-state index is 11.7. The minimum Gasteiger partial charge on any atom is -0.341 e. The molecule has 3 rings (SSSR count). The summed E-state index contributed by atoms with van der Waals surface area (Å²) < 4.78 is 0. The number of thiophene rings is 1. The van der Waals surface area contributed by atoms with Crippen LogP contribution in [-0.2, 0) is 4.79 Å². The first-order chi connectivity index (χ1) is 9.22. The molecule has 2 fully saturated rings. The molecule has 2 unspecified atom stereocenters. The third kappa shape index (κ3) is 3.37. The number of amides is 1. The van der Waals surface area contributed by atoms with Gasteiger partial charge in [0, 0.05) is 36.9 Å². The Morgan fingerprint density at radius 1 is 1.47 bits per heavy atom. The monoisotopic (exact) mass is 278 g/mol. The summed E-state index contributed by atoms with van der Waals surface area (Å²) in [6.07, 6.45) is 3.92. The van der Waals surface area contributed by atoms with Gasteiger partial charge in [-0.1, -0.05) is 6.07 Å². The van der Waals surface area contributed by atoms with E-state index in [4.69, 9.17) is 0 Å². The largest absolute Gasteiger partial charge is 0.341 e. The van der Waals surface area contributed by atoms with Crippen molar-refractivity contribution in [3.8, 4) is 0 Å². The molecule has 1 aromatic rings. The van der Waals surface area contributed by atoms with Gasteiger partial charge in [0.05, 0.1) is 0 Å². The van der Waals surface area contributed by atoms with Crippen LogP contribution in [0.2, 0.25) is 0 Å². The van der Waals surface area contributed by atoms with E-state index in [-0.39, 0.29) is 5.91 Å². The lowest BCUT2D eigenvalue weighted by molar-refractivity contribution is -0.130. The van der Waals surface area contributed by atoms with Crippen LogP contribution in [0.5, 0.6) is 0 Å². The molecule has 2 aliphatic rings. The van der Waals surface area contributed by atoms with E-state index in [1.807, 2.05) is 16.2 Å². The predicted molar refractivity (Wildman–Crippen MR) is 78.4 cm³/mol. The lowest BCUT2D eigenvalue weighted by Crippen LogP contribution is -2.50. The van der Waals surface area contributed by atoms with Crippen LogP contribution in [0.1, 0.15) is 37.0 Å². The van der Waals surface area contributed by atoms with Crippen molar-refractivity contribution in [1.82, 2.24) is 10.2 Å². The predicted octanol–water partition coefficient (Wildman–Crippen LogP) is 2.45. The highest BCUT2D eigenvalue weighted by Gasteiger charge is 2.31. The number of nitrogens with zero attached hydrogens (tertiary/aromatic N) is 1. The van der Waals surface area contributed by atoms with Gasteiger partial charge in [-0.2, -0.15) is 0 Å². The molecule has 0 radical (unpaired) electrons. The molecular weight excluding hydrogens is 256 g/mol. The molecule has 1 aliphatic carbocycles. The minimum absolute atomic E-state index is 0.208. The summed E-state index contributed by atoms with van der Waals surface area (Å²) in [5, 5.41) is 5.80. The summed E-state index contributed by atoms with van der Waals surface area (Å²) in [5.41, 5.74) is 0. The molecule has 2 atom stereocenters. The molecule has 2 heterocycles. The molecule has 104 valence electrons. The number of hydrogen-bond donors (Lipinski definition) is 1. The molecule has 0 aromatic carbocycles. The Labute approximate surface area is 119 Å². The van der Waals surface area contributed by atoms with Gasteiger partial charge >= 0.3 is 0 Å². The van der Waals surface area contributed by atoms with E-state index in [0.717, 1.165) is 32.0 Å². The Hall–Kier alpha value is -0.870. The average molecular weight is 278 g/mol. The Bertz CT molecular complexity index is 427. The number of carbonyl (C=O) groups excluding carboxylic acids is 1. The fourth-order valence-electron chi connectivity index (χ4n) is 2.89. The lowest BCUT2D eigenvalue weighted by Gasteiger charge is -2.37. The normalized spacial score (nSPS) is 27.5. The quantitative estimate of drug-likeness (QED) is 0.917. The fourth-order valence-corrected chi connectivity index (χ4v) is 3.72. The van der Waals surface area contributed by atoms with E-state index in [1.54, 1.807) is 6.92 Å². The average Bonchev–Trinajstić information content (AvgIpc) is 3.07. The molecule has 0 spiro atoms. The van der Waals surface area contributed by atoms with Crippen molar-refractivity contribution in [2.45, 2.75) is 38.1 Å². The zero-order chi connectivity index (χ0) is 13.2. The minimum atomic E-state index is 0.208. The first kappa shape index (κ1) is 13.1. The molecular formula is C15H22N2OS. The van der Waals surface area contributed by atoms with Crippen molar-refractivity contribution in [1.29, 1.82) is 0 Å². The number of hydrogen-bond acceptors (Lipinski definition) is 3. The van der Waals surface area contributed by atoms with Gasteiger partial charge in [0.25, 0.3) is 0 Å². The Morgan fingerprint density at radius 3 is 2.95 bits per heavy atom. The first-order valence-corrected chi connectivity index (χ1v) is 8.12. The van der Waals surface area contributed by atoms with Crippen LogP contribution in [0, 0.1) is 5.92 Å². The van der Waals surface area contributed by atoms with Crippen molar-refractivity contribution < 1.29 is 4.79 Å². The summed E-state index contributed by atoms with van der Waals surface area (Å²) in [4.78, 5) is 15.1. The van der Waals surface area contributed by atoms with Crippen molar-refractivity contribution in [2.75, 3.05) is 19.6 Å². The summed E-state index contributed by atoms with van der Waals surface area (Å²) in [6, 6.07) is 4.78. The second kappa shape index (κ2) is 5.63. The van der Waals surface area contributed by atoms with Gasteiger partial charge in [0.1, 0.15) is 0 Å². The van der Waals surface area contributed by atoms with Crippen LogP contribution in [-0.4, -0.2) is 36.5 Å². The van der Waals surface area contributed by atoms with Crippen LogP contribution in [0.4, 0.5) is 0 Å². The number of likely N-dealkylation sites (tertiary alicyclic amines) is 1. The maximum Gasteiger partial charge on any atom is 0.219 e. The summed E-state index contributed by atoms with van der Waals surface area (Å²) in [7, 11) is 0. The van der Waals surface area contributed by atoms with Gasteiger partial charge in [0.15, 0.2) is 0 Å². The summed E-state index contributed by atoms with van der Waals surface area (Å²) in [5.74, 6) is 1.61. The molecule has 1 aliphatic heterocycles. The van der Waals surface area contributed by atoms with E-state index in [2.05, 4.69) is 22.8 Å². The molecule has 19 heavy (non-hydrogen) atoms. The number of carbonyl (C=O) groups is 1. The van der Waals surface area contributed by atoms with Crippen molar-refractivity contribution in [2.24, 2.45) is 5.92 Å². The van der Waals surface area contributed by atoms with Gasteiger partial charge < -0.3 is 10.2 Å². The van der Waals surface area contributed by atoms with Crippen LogP contribution < -0.4 is 5.32 Å². The highest BCUT2D eigenvalue weighted by molar-refractivity contribution is 7.10. The van der Waals surface area contributed by atoms with Gasteiger partial charge in [-0.15, -0.1) is 11.3 Å². The number of nitrogens with one attached hydrogen (secondary N) is 1. The second-order valence-electron chi connectivity index (χ2n) is 5.92. The molecule has 1 amide bonds. The Kier molecular flexibility index (Phi) is 3.89. The molecule has 4 heteroatoms. The SMILES string of the molecule is CC(=O)N1CC(NCC2CC2)CC(c2cccs2)C1. The number of rotatable bonds is 4. The van der Waals surface area contributed by atoms with Gasteiger partial charge in [-0.25, -0.2) is 0 Å². The van der Waals surface area contributed by atoms with Crippen LogP contribution in [0.25, 0.3) is 0 Å². The van der Waals surface area contributed by atoms with Crippen LogP contribution in [0.3, 0.4) is 0 Å². The van der Waals surface area contributed by atoms with Crippen LogP contribution in [0.15, 0.2) is 17.5 Å². The highest BCUT2D eigenvalue weighted by atomic mass is 32.1. The molecule has 1 N–H and O–H groups in total. The van der Waals surface area contributed by atoms with E-state index >= 15 is 0 Å². The smallest absolute Gasteiger partial charge is 0.219 e. The van der Waals surface area contributed by atoms with E-state index in [9.17, 15) is 4.79 Å². The molecule has 1 saturated carbocycles. The fraction of sp³-hybridized carbons (Fsp3) is 0.667. The van der Waals surface area contributed by atoms with Crippen molar-refractivity contribution >= 4 is 17.2 Å². The van der Waals surface area contributed by atoms with E-state index < -0.39 is 0 Å². The van der Waals surface area contributed by atoms with Gasteiger partial charge in [-0.3, -0.25) is 4.79 Å². The standard InChI is InChI=1S/C15H22N2OS/c1-11(18)17-9-13(15-3-2-6-19-15)7-14(10-17)16-8-12-4-5-12/h2-3,6,12-14,16H,4-5,7-10H2,1H3. The van der Waals surface area contributed by atoms with Crippen molar-refractivity contribution in [3.05, 3.63) is 22.4 Å². The maximum atomic E-state index is 11.7. The summed E-state index contributed by atoms with van der Waals surface area (Å²) >= 11 is 1.82. The lowest BCUT2D eigenvalue weighted by atomic mass is 9.92. The van der Waals surface area contributed by atoms with Gasteiger partial charge in [0.2, 0.25) is 5.91 Å². The van der Waals surface area contributed by atoms with Crippen LogP contribution >= 0.6 is 11.3 Å². The third-order valence-electron chi connectivity index (χ3n) is 4.23. The van der Waals surface area contributed by atoms with Crippen molar-refractivity contribution in [3.63, 3.8) is 0 Å². The Morgan fingerprint density at radius 2 is 2.32 bits per heavy atom.